The lowest BCUT2D eigenvalue weighted by molar-refractivity contribution is -0.133. The van der Waals surface area contributed by atoms with Gasteiger partial charge in [0.1, 0.15) is 0 Å². The first kappa shape index (κ1) is 17.7. The van der Waals surface area contributed by atoms with Gasteiger partial charge in [-0.25, -0.2) is 0 Å². The van der Waals surface area contributed by atoms with E-state index in [1.54, 1.807) is 0 Å². The van der Waals surface area contributed by atoms with Crippen LogP contribution in [0.1, 0.15) is 37.3 Å². The molecule has 1 saturated heterocycles. The van der Waals surface area contributed by atoms with Gasteiger partial charge in [-0.2, -0.15) is 0 Å². The summed E-state index contributed by atoms with van der Waals surface area (Å²) in [5.41, 5.74) is 4.77. The quantitative estimate of drug-likeness (QED) is 0.881. The second kappa shape index (κ2) is 6.93. The van der Waals surface area contributed by atoms with E-state index in [9.17, 15) is 9.90 Å². The topological polar surface area (TPSA) is 43.8 Å². The normalized spacial score (nSPS) is 26.1. The minimum Gasteiger partial charge on any atom is -0.394 e. The SMILES string of the molecule is CN1c2ccc(-c3ccccc3)cc2[C@H]2[C@H](CCN2C(=O)CC2CC2)[C@@H]1CO. The highest BCUT2D eigenvalue weighted by atomic mass is 16.3. The van der Waals surface area contributed by atoms with Crippen LogP contribution in [0.2, 0.25) is 0 Å². The van der Waals surface area contributed by atoms with Crippen molar-refractivity contribution in [3.8, 4) is 11.1 Å². The summed E-state index contributed by atoms with van der Waals surface area (Å²) in [5.74, 6) is 1.19. The number of hydrogen-bond acceptors (Lipinski definition) is 3. The zero-order chi connectivity index (χ0) is 19.3. The smallest absolute Gasteiger partial charge is 0.223 e. The second-order valence-electron chi connectivity index (χ2n) is 8.63. The van der Waals surface area contributed by atoms with Crippen LogP contribution in [0.25, 0.3) is 11.1 Å². The van der Waals surface area contributed by atoms with Gasteiger partial charge in [0.15, 0.2) is 0 Å². The summed E-state index contributed by atoms with van der Waals surface area (Å²) in [7, 11) is 2.08. The van der Waals surface area contributed by atoms with Gasteiger partial charge in [-0.1, -0.05) is 36.4 Å². The number of nitrogens with zero attached hydrogens (tertiary/aromatic N) is 2. The fraction of sp³-hybridized carbons (Fsp3) is 0.458. The van der Waals surface area contributed by atoms with E-state index in [1.165, 1.54) is 29.5 Å². The van der Waals surface area contributed by atoms with Crippen molar-refractivity contribution in [3.05, 3.63) is 54.1 Å². The maximum Gasteiger partial charge on any atom is 0.223 e. The summed E-state index contributed by atoms with van der Waals surface area (Å²) < 4.78 is 0. The number of likely N-dealkylation sites (tertiary alicyclic amines) is 1. The third-order valence-electron chi connectivity index (χ3n) is 6.94. The molecule has 2 heterocycles. The van der Waals surface area contributed by atoms with Gasteiger partial charge >= 0.3 is 0 Å². The van der Waals surface area contributed by atoms with Crippen LogP contribution in [0.5, 0.6) is 0 Å². The van der Waals surface area contributed by atoms with Gasteiger partial charge in [-0.15, -0.1) is 0 Å². The molecule has 0 unspecified atom stereocenters. The summed E-state index contributed by atoms with van der Waals surface area (Å²) in [6, 6.07) is 17.2. The van der Waals surface area contributed by atoms with Crippen LogP contribution in [-0.4, -0.2) is 42.2 Å². The van der Waals surface area contributed by atoms with Crippen molar-refractivity contribution in [2.75, 3.05) is 25.1 Å². The lowest BCUT2D eigenvalue weighted by Crippen LogP contribution is -2.48. The van der Waals surface area contributed by atoms with E-state index >= 15 is 0 Å². The minimum absolute atomic E-state index is 0.0683. The Kier molecular flexibility index (Phi) is 4.39. The van der Waals surface area contributed by atoms with Crippen molar-refractivity contribution >= 4 is 11.6 Å². The Morgan fingerprint density at radius 3 is 2.57 bits per heavy atom. The number of carbonyl (C=O) groups excluding carboxylic acids is 1. The lowest BCUT2D eigenvalue weighted by Gasteiger charge is -2.44. The largest absolute Gasteiger partial charge is 0.394 e. The number of likely N-dealkylation sites (N-methyl/N-ethyl adjacent to an activating group) is 1. The highest BCUT2D eigenvalue weighted by Gasteiger charge is 2.48. The second-order valence-corrected chi connectivity index (χ2v) is 8.63. The van der Waals surface area contributed by atoms with Crippen molar-refractivity contribution in [2.45, 2.75) is 37.8 Å². The van der Waals surface area contributed by atoms with E-state index in [1.807, 2.05) is 6.07 Å². The molecule has 2 aliphatic heterocycles. The Bertz CT molecular complexity index is 877. The average molecular weight is 377 g/mol. The first-order valence-electron chi connectivity index (χ1n) is 10.5. The molecule has 2 aromatic rings. The van der Waals surface area contributed by atoms with E-state index in [0.29, 0.717) is 18.2 Å². The van der Waals surface area contributed by atoms with Gasteiger partial charge in [-0.05, 0) is 54.0 Å². The number of hydrogen-bond donors (Lipinski definition) is 1. The molecular weight excluding hydrogens is 348 g/mol. The molecule has 0 radical (unpaired) electrons. The van der Waals surface area contributed by atoms with Crippen LogP contribution in [-0.2, 0) is 4.79 Å². The molecular formula is C24H28N2O2. The molecule has 0 spiro atoms. The first-order valence-corrected chi connectivity index (χ1v) is 10.5. The molecule has 28 heavy (non-hydrogen) atoms. The summed E-state index contributed by atoms with van der Waals surface area (Å²) >= 11 is 0. The molecule has 5 rings (SSSR count). The van der Waals surface area contributed by atoms with Gasteiger partial charge in [0.25, 0.3) is 0 Å². The van der Waals surface area contributed by atoms with E-state index in [2.05, 4.69) is 59.3 Å². The number of benzene rings is 2. The summed E-state index contributed by atoms with van der Waals surface area (Å²) in [6.45, 7) is 0.933. The maximum absolute atomic E-state index is 13.0. The predicted molar refractivity (Wildman–Crippen MR) is 111 cm³/mol. The van der Waals surface area contributed by atoms with Crippen LogP contribution in [0.3, 0.4) is 0 Å². The predicted octanol–water partition coefficient (Wildman–Crippen LogP) is 3.85. The Morgan fingerprint density at radius 2 is 1.86 bits per heavy atom. The standard InChI is InChI=1S/C24H28N2O2/c1-25-21-10-9-18(17-5-3-2-4-6-17)14-20(21)24-19(22(25)15-27)11-12-26(24)23(28)13-16-7-8-16/h2-6,9-10,14,16,19,22,24,27H,7-8,11-13,15H2,1H3/t19-,22+,24-/m1/s1. The van der Waals surface area contributed by atoms with Crippen molar-refractivity contribution in [1.29, 1.82) is 0 Å². The highest BCUT2D eigenvalue weighted by Crippen LogP contribution is 2.50. The number of fused-ring (bicyclic) bond motifs is 3. The number of carbonyl (C=O) groups is 1. The molecule has 3 atom stereocenters. The molecule has 3 aliphatic rings. The van der Waals surface area contributed by atoms with Gasteiger partial charge in [-0.3, -0.25) is 4.79 Å². The number of amides is 1. The molecule has 0 bridgehead atoms. The van der Waals surface area contributed by atoms with Crippen LogP contribution in [0.4, 0.5) is 5.69 Å². The maximum atomic E-state index is 13.0. The third-order valence-corrected chi connectivity index (χ3v) is 6.94. The number of rotatable bonds is 4. The first-order chi connectivity index (χ1) is 13.7. The Balaban J connectivity index is 1.57. The van der Waals surface area contributed by atoms with E-state index in [4.69, 9.17) is 0 Å². The molecule has 146 valence electrons. The van der Waals surface area contributed by atoms with Crippen LogP contribution in [0, 0.1) is 11.8 Å². The van der Waals surface area contributed by atoms with Crippen molar-refractivity contribution in [2.24, 2.45) is 11.8 Å². The highest BCUT2D eigenvalue weighted by molar-refractivity contribution is 5.79. The summed E-state index contributed by atoms with van der Waals surface area (Å²) in [4.78, 5) is 17.4. The Labute approximate surface area is 166 Å². The molecule has 1 aliphatic carbocycles. The van der Waals surface area contributed by atoms with Gasteiger partial charge in [0, 0.05) is 31.6 Å². The zero-order valence-electron chi connectivity index (χ0n) is 16.4. The number of aliphatic hydroxyl groups is 1. The fourth-order valence-electron chi connectivity index (χ4n) is 5.23. The molecule has 2 aromatic carbocycles. The molecule has 4 heteroatoms. The monoisotopic (exact) mass is 376 g/mol. The Hall–Kier alpha value is -2.33. The van der Waals surface area contributed by atoms with Gasteiger partial charge in [0.2, 0.25) is 5.91 Å². The summed E-state index contributed by atoms with van der Waals surface area (Å²) in [6.07, 6.45) is 4.05. The van der Waals surface area contributed by atoms with Crippen molar-refractivity contribution < 1.29 is 9.90 Å². The molecule has 4 nitrogen and oxygen atoms in total. The average Bonchev–Trinajstić information content (AvgIpc) is 3.43. The van der Waals surface area contributed by atoms with Gasteiger partial charge < -0.3 is 14.9 Å². The van der Waals surface area contributed by atoms with Crippen molar-refractivity contribution in [3.63, 3.8) is 0 Å². The minimum atomic E-state index is 0.0683. The molecule has 1 saturated carbocycles. The molecule has 0 aromatic heterocycles. The van der Waals surface area contributed by atoms with Crippen LogP contribution >= 0.6 is 0 Å². The van der Waals surface area contributed by atoms with Crippen molar-refractivity contribution in [1.82, 2.24) is 4.90 Å². The summed E-state index contributed by atoms with van der Waals surface area (Å²) in [5, 5.41) is 10.1. The number of anilines is 1. The van der Waals surface area contributed by atoms with E-state index in [-0.39, 0.29) is 24.6 Å². The number of aliphatic hydroxyl groups excluding tert-OH is 1. The molecule has 2 fully saturated rings. The molecule has 1 N–H and O–H groups in total. The van der Waals surface area contributed by atoms with E-state index < -0.39 is 0 Å². The van der Waals surface area contributed by atoms with Crippen LogP contribution < -0.4 is 4.90 Å². The van der Waals surface area contributed by atoms with E-state index in [0.717, 1.165) is 18.7 Å². The molecule has 1 amide bonds. The third kappa shape index (κ3) is 2.91. The zero-order valence-corrected chi connectivity index (χ0v) is 16.4. The van der Waals surface area contributed by atoms with Gasteiger partial charge in [0.05, 0.1) is 18.7 Å². The van der Waals surface area contributed by atoms with Crippen LogP contribution in [0.15, 0.2) is 48.5 Å². The Morgan fingerprint density at radius 1 is 1.07 bits per heavy atom. The fourth-order valence-corrected chi connectivity index (χ4v) is 5.23. The lowest BCUT2D eigenvalue weighted by atomic mass is 9.81.